The largest absolute Gasteiger partial charge is 0.481 e. The molecule has 1 aliphatic heterocycles. The summed E-state index contributed by atoms with van der Waals surface area (Å²) in [4.78, 5) is 25.2. The van der Waals surface area contributed by atoms with Crippen LogP contribution in [0, 0.1) is 5.92 Å². The van der Waals surface area contributed by atoms with E-state index >= 15 is 0 Å². The Kier molecular flexibility index (Phi) is 6.68. The van der Waals surface area contributed by atoms with Gasteiger partial charge in [0.1, 0.15) is 6.10 Å². The van der Waals surface area contributed by atoms with Crippen molar-refractivity contribution in [3.8, 4) is 0 Å². The van der Waals surface area contributed by atoms with Crippen molar-refractivity contribution in [1.29, 1.82) is 0 Å². The molecule has 1 N–H and O–H groups in total. The first kappa shape index (κ1) is 17.3. The van der Waals surface area contributed by atoms with Crippen LogP contribution >= 0.6 is 0 Å². The van der Waals surface area contributed by atoms with Crippen LogP contribution in [-0.4, -0.2) is 47.2 Å². The molecule has 0 bridgehead atoms. The summed E-state index contributed by atoms with van der Waals surface area (Å²) in [5, 5.41) is 8.85. The third kappa shape index (κ3) is 4.97. The van der Waals surface area contributed by atoms with Crippen molar-refractivity contribution in [3.63, 3.8) is 0 Å². The normalized spacial score (nSPS) is 22.5. The van der Waals surface area contributed by atoms with Gasteiger partial charge in [0.05, 0.1) is 6.10 Å². The molecule has 1 saturated carbocycles. The predicted octanol–water partition coefficient (Wildman–Crippen LogP) is 2.83. The molecule has 5 heteroatoms. The summed E-state index contributed by atoms with van der Waals surface area (Å²) >= 11 is 0. The molecule has 1 amide bonds. The van der Waals surface area contributed by atoms with E-state index in [4.69, 9.17) is 9.84 Å². The number of carbonyl (C=O) groups is 2. The first-order valence-corrected chi connectivity index (χ1v) is 8.76. The van der Waals surface area contributed by atoms with E-state index in [9.17, 15) is 9.59 Å². The van der Waals surface area contributed by atoms with Gasteiger partial charge in [0.2, 0.25) is 0 Å². The monoisotopic (exact) mass is 311 g/mol. The number of hydrogen-bond donors (Lipinski definition) is 1. The first-order valence-electron chi connectivity index (χ1n) is 8.76. The highest BCUT2D eigenvalue weighted by atomic mass is 16.5. The van der Waals surface area contributed by atoms with E-state index in [2.05, 4.69) is 0 Å². The van der Waals surface area contributed by atoms with Crippen LogP contribution in [0.1, 0.15) is 64.7 Å². The lowest BCUT2D eigenvalue weighted by molar-refractivity contribution is -0.150. The number of carboxylic acids is 1. The molecule has 0 aromatic heterocycles. The van der Waals surface area contributed by atoms with Crippen LogP contribution < -0.4 is 0 Å². The maximum atomic E-state index is 12.6. The Balaban J connectivity index is 1.80. The lowest BCUT2D eigenvalue weighted by atomic mass is 9.93. The Morgan fingerprint density at radius 2 is 1.77 bits per heavy atom. The zero-order valence-electron chi connectivity index (χ0n) is 13.6. The van der Waals surface area contributed by atoms with Gasteiger partial charge in [0.15, 0.2) is 0 Å². The van der Waals surface area contributed by atoms with Crippen molar-refractivity contribution in [2.24, 2.45) is 5.92 Å². The highest BCUT2D eigenvalue weighted by molar-refractivity contribution is 5.81. The van der Waals surface area contributed by atoms with Crippen LogP contribution in [0.2, 0.25) is 0 Å². The fourth-order valence-electron chi connectivity index (χ4n) is 3.57. The number of ether oxygens (including phenoxy) is 1. The van der Waals surface area contributed by atoms with Crippen molar-refractivity contribution in [2.45, 2.75) is 76.9 Å². The molecule has 1 heterocycles. The molecule has 1 aliphatic carbocycles. The summed E-state index contributed by atoms with van der Waals surface area (Å²) in [5.74, 6) is -0.431. The Bertz CT molecular complexity index is 371. The summed E-state index contributed by atoms with van der Waals surface area (Å²) in [6.07, 6.45) is 8.27. The highest BCUT2D eigenvalue weighted by Gasteiger charge is 2.30. The van der Waals surface area contributed by atoms with Crippen LogP contribution in [-0.2, 0) is 14.3 Å². The zero-order valence-corrected chi connectivity index (χ0v) is 13.6. The average Bonchev–Trinajstić information content (AvgIpc) is 2.53. The van der Waals surface area contributed by atoms with Gasteiger partial charge in [-0.3, -0.25) is 9.59 Å². The number of aliphatic carboxylic acids is 1. The summed E-state index contributed by atoms with van der Waals surface area (Å²) in [6.45, 7) is 3.34. The smallest absolute Gasteiger partial charge is 0.303 e. The molecule has 5 nitrogen and oxygen atoms in total. The molecular formula is C17H29NO4. The van der Waals surface area contributed by atoms with Crippen LogP contribution in [0.15, 0.2) is 0 Å². The maximum Gasteiger partial charge on any atom is 0.303 e. The Labute approximate surface area is 133 Å². The summed E-state index contributed by atoms with van der Waals surface area (Å²) < 4.78 is 6.06. The minimum absolute atomic E-state index is 0.0989. The van der Waals surface area contributed by atoms with Crippen LogP contribution in [0.5, 0.6) is 0 Å². The molecule has 0 radical (unpaired) electrons. The summed E-state index contributed by atoms with van der Waals surface area (Å²) in [5.41, 5.74) is 0. The standard InChI is InChI=1S/C17H29NO4/c1-2-15(22-14-6-4-3-5-7-14)17(21)18-10-8-13(9-11-18)12-16(19)20/h13-15H,2-12H2,1H3,(H,19,20). The Hall–Kier alpha value is -1.10. The highest BCUT2D eigenvalue weighted by Crippen LogP contribution is 2.25. The Morgan fingerprint density at radius 1 is 1.14 bits per heavy atom. The van der Waals surface area contributed by atoms with E-state index in [1.54, 1.807) is 0 Å². The molecule has 1 atom stereocenters. The lowest BCUT2D eigenvalue weighted by Gasteiger charge is -2.35. The summed E-state index contributed by atoms with van der Waals surface area (Å²) in [6, 6.07) is 0. The van der Waals surface area contributed by atoms with Gasteiger partial charge in [-0.2, -0.15) is 0 Å². The fraction of sp³-hybridized carbons (Fsp3) is 0.882. The van der Waals surface area contributed by atoms with Gasteiger partial charge in [0, 0.05) is 19.5 Å². The van der Waals surface area contributed by atoms with Crippen molar-refractivity contribution in [2.75, 3.05) is 13.1 Å². The number of piperidine rings is 1. The van der Waals surface area contributed by atoms with Gasteiger partial charge in [-0.05, 0) is 38.0 Å². The second-order valence-corrected chi connectivity index (χ2v) is 6.66. The van der Waals surface area contributed by atoms with E-state index < -0.39 is 5.97 Å². The quantitative estimate of drug-likeness (QED) is 0.819. The van der Waals surface area contributed by atoms with E-state index in [1.807, 2.05) is 11.8 Å². The number of rotatable bonds is 6. The minimum Gasteiger partial charge on any atom is -0.481 e. The number of nitrogens with zero attached hydrogens (tertiary/aromatic N) is 1. The van der Waals surface area contributed by atoms with Crippen LogP contribution in [0.3, 0.4) is 0 Å². The van der Waals surface area contributed by atoms with E-state index in [0.29, 0.717) is 19.5 Å². The number of amides is 1. The maximum absolute atomic E-state index is 12.6. The number of carboxylic acid groups (broad SMARTS) is 1. The van der Waals surface area contributed by atoms with Crippen molar-refractivity contribution >= 4 is 11.9 Å². The zero-order chi connectivity index (χ0) is 15.9. The molecule has 0 spiro atoms. The molecule has 2 aliphatic rings. The topological polar surface area (TPSA) is 66.8 Å². The molecule has 0 aromatic rings. The van der Waals surface area contributed by atoms with Gasteiger partial charge >= 0.3 is 5.97 Å². The second-order valence-electron chi connectivity index (χ2n) is 6.66. The fourth-order valence-corrected chi connectivity index (χ4v) is 3.57. The van der Waals surface area contributed by atoms with Gasteiger partial charge in [0.25, 0.3) is 5.91 Å². The van der Waals surface area contributed by atoms with Gasteiger partial charge in [-0.25, -0.2) is 0 Å². The summed E-state index contributed by atoms with van der Waals surface area (Å²) in [7, 11) is 0. The lowest BCUT2D eigenvalue weighted by Crippen LogP contribution is -2.46. The molecule has 0 aromatic carbocycles. The second kappa shape index (κ2) is 8.51. The van der Waals surface area contributed by atoms with Crippen LogP contribution in [0.4, 0.5) is 0 Å². The molecular weight excluding hydrogens is 282 g/mol. The van der Waals surface area contributed by atoms with Gasteiger partial charge < -0.3 is 14.7 Å². The van der Waals surface area contributed by atoms with Crippen molar-refractivity contribution in [3.05, 3.63) is 0 Å². The predicted molar refractivity (Wildman–Crippen MR) is 83.6 cm³/mol. The Morgan fingerprint density at radius 3 is 2.32 bits per heavy atom. The first-order chi connectivity index (χ1) is 10.6. The van der Waals surface area contributed by atoms with E-state index in [0.717, 1.165) is 25.7 Å². The van der Waals surface area contributed by atoms with Crippen molar-refractivity contribution < 1.29 is 19.4 Å². The molecule has 2 rings (SSSR count). The molecule has 2 fully saturated rings. The minimum atomic E-state index is -0.739. The van der Waals surface area contributed by atoms with E-state index in [-0.39, 0.29) is 30.5 Å². The van der Waals surface area contributed by atoms with Gasteiger partial charge in [-0.1, -0.05) is 26.2 Å². The molecule has 126 valence electrons. The van der Waals surface area contributed by atoms with E-state index in [1.165, 1.54) is 19.3 Å². The third-order valence-electron chi connectivity index (χ3n) is 4.94. The van der Waals surface area contributed by atoms with Crippen LogP contribution in [0.25, 0.3) is 0 Å². The third-order valence-corrected chi connectivity index (χ3v) is 4.94. The SMILES string of the molecule is CCC(OC1CCCCC1)C(=O)N1CCC(CC(=O)O)CC1. The number of hydrogen-bond acceptors (Lipinski definition) is 3. The average molecular weight is 311 g/mol. The molecule has 1 unspecified atom stereocenters. The molecule has 1 saturated heterocycles. The van der Waals surface area contributed by atoms with Gasteiger partial charge in [-0.15, -0.1) is 0 Å². The number of likely N-dealkylation sites (tertiary alicyclic amines) is 1. The molecule has 22 heavy (non-hydrogen) atoms. The number of carbonyl (C=O) groups excluding carboxylic acids is 1. The van der Waals surface area contributed by atoms with Crippen molar-refractivity contribution in [1.82, 2.24) is 4.90 Å².